The van der Waals surface area contributed by atoms with Gasteiger partial charge in [-0.1, -0.05) is 23.4 Å². The smallest absolute Gasteiger partial charge is 0.257 e. The van der Waals surface area contributed by atoms with Crippen LogP contribution < -0.4 is 10.9 Å². The van der Waals surface area contributed by atoms with Gasteiger partial charge in [-0.3, -0.25) is 4.79 Å². The second kappa shape index (κ2) is 4.33. The number of nitrogens with one attached hydrogen (secondary N) is 2. The van der Waals surface area contributed by atoms with Crippen molar-refractivity contribution in [2.45, 2.75) is 6.54 Å². The van der Waals surface area contributed by atoms with Crippen LogP contribution in [0.3, 0.4) is 0 Å². The quantitative estimate of drug-likeness (QED) is 0.727. The molecule has 6 nitrogen and oxygen atoms in total. The molecule has 0 amide bonds. The molecule has 0 bridgehead atoms. The molecule has 0 radical (unpaired) electrons. The fourth-order valence-electron chi connectivity index (χ4n) is 1.75. The van der Waals surface area contributed by atoms with Crippen LogP contribution in [0.2, 0.25) is 0 Å². The number of pyridine rings is 1. The third-order valence-electron chi connectivity index (χ3n) is 2.60. The highest BCUT2D eigenvalue weighted by Gasteiger charge is 2.02. The molecule has 0 spiro atoms. The summed E-state index contributed by atoms with van der Waals surface area (Å²) in [6, 6.07) is 9.28. The van der Waals surface area contributed by atoms with Gasteiger partial charge in [-0.15, -0.1) is 0 Å². The zero-order valence-electron chi connectivity index (χ0n) is 9.38. The third-order valence-corrected chi connectivity index (χ3v) is 2.60. The highest BCUT2D eigenvalue weighted by Crippen LogP contribution is 2.12. The summed E-state index contributed by atoms with van der Waals surface area (Å²) in [5.74, 6) is 1.16. The zero-order valence-corrected chi connectivity index (χ0v) is 9.38. The Kier molecular flexibility index (Phi) is 2.53. The predicted molar refractivity (Wildman–Crippen MR) is 66.2 cm³/mol. The molecule has 0 aliphatic heterocycles. The van der Waals surface area contributed by atoms with Gasteiger partial charge < -0.3 is 14.8 Å². The van der Waals surface area contributed by atoms with E-state index in [0.29, 0.717) is 23.6 Å². The van der Waals surface area contributed by atoms with Crippen molar-refractivity contribution < 1.29 is 4.52 Å². The standard InChI is InChI=1S/C12H10N4O2/c17-12-9-4-2-1-3-8(9)5-10(15-12)13-6-11-14-7-18-16-11/h1-5,7H,6H2,(H2,13,15,17). The molecular weight excluding hydrogens is 232 g/mol. The van der Waals surface area contributed by atoms with E-state index < -0.39 is 0 Å². The normalized spacial score (nSPS) is 10.7. The summed E-state index contributed by atoms with van der Waals surface area (Å²) in [6.45, 7) is 0.394. The number of fused-ring (bicyclic) bond motifs is 1. The molecule has 1 aromatic carbocycles. The van der Waals surface area contributed by atoms with E-state index in [1.807, 2.05) is 24.3 Å². The van der Waals surface area contributed by atoms with Crippen molar-refractivity contribution in [1.29, 1.82) is 0 Å². The summed E-state index contributed by atoms with van der Waals surface area (Å²) >= 11 is 0. The number of aromatic nitrogens is 3. The van der Waals surface area contributed by atoms with Gasteiger partial charge in [0.1, 0.15) is 5.82 Å². The Morgan fingerprint density at radius 2 is 2.22 bits per heavy atom. The molecule has 3 aromatic rings. The molecule has 0 saturated carbocycles. The lowest BCUT2D eigenvalue weighted by molar-refractivity contribution is 0.411. The largest absolute Gasteiger partial charge is 0.364 e. The maximum absolute atomic E-state index is 11.8. The van der Waals surface area contributed by atoms with E-state index in [1.54, 1.807) is 6.07 Å². The molecule has 3 rings (SSSR count). The van der Waals surface area contributed by atoms with Crippen molar-refractivity contribution in [2.75, 3.05) is 5.32 Å². The first-order chi connectivity index (χ1) is 8.83. The third kappa shape index (κ3) is 1.95. The second-order valence-electron chi connectivity index (χ2n) is 3.80. The topological polar surface area (TPSA) is 83.8 Å². The van der Waals surface area contributed by atoms with E-state index >= 15 is 0 Å². The van der Waals surface area contributed by atoms with Crippen LogP contribution in [-0.2, 0) is 6.54 Å². The number of H-pyrrole nitrogens is 1. The molecule has 0 saturated heterocycles. The molecule has 0 aliphatic rings. The summed E-state index contributed by atoms with van der Waals surface area (Å²) in [5.41, 5.74) is -0.122. The average Bonchev–Trinajstić information content (AvgIpc) is 2.90. The SMILES string of the molecule is O=c1[nH]c(NCc2ncon2)cc2ccccc12. The summed E-state index contributed by atoms with van der Waals surface area (Å²) in [7, 11) is 0. The van der Waals surface area contributed by atoms with Gasteiger partial charge in [-0.05, 0) is 17.5 Å². The minimum absolute atomic E-state index is 0.122. The molecule has 0 fully saturated rings. The van der Waals surface area contributed by atoms with Crippen LogP contribution in [0.4, 0.5) is 5.82 Å². The van der Waals surface area contributed by atoms with Gasteiger partial charge in [-0.2, -0.15) is 4.98 Å². The van der Waals surface area contributed by atoms with Crippen molar-refractivity contribution in [3.05, 3.63) is 52.9 Å². The van der Waals surface area contributed by atoms with E-state index in [1.165, 1.54) is 6.39 Å². The fourth-order valence-corrected chi connectivity index (χ4v) is 1.75. The molecule has 0 aliphatic carbocycles. The van der Waals surface area contributed by atoms with E-state index in [2.05, 4.69) is 25.0 Å². The van der Waals surface area contributed by atoms with E-state index in [9.17, 15) is 4.79 Å². The summed E-state index contributed by atoms with van der Waals surface area (Å²) in [4.78, 5) is 18.5. The molecule has 2 heterocycles. The first-order valence-corrected chi connectivity index (χ1v) is 5.44. The molecule has 6 heteroatoms. The van der Waals surface area contributed by atoms with Crippen LogP contribution in [-0.4, -0.2) is 15.1 Å². The Hall–Kier alpha value is -2.63. The maximum Gasteiger partial charge on any atom is 0.257 e. The van der Waals surface area contributed by atoms with Crippen molar-refractivity contribution in [3.8, 4) is 0 Å². The zero-order chi connectivity index (χ0) is 12.4. The van der Waals surface area contributed by atoms with Crippen LogP contribution >= 0.6 is 0 Å². The van der Waals surface area contributed by atoms with Gasteiger partial charge in [0.05, 0.1) is 6.54 Å². The number of rotatable bonds is 3. The monoisotopic (exact) mass is 242 g/mol. The Bertz CT molecular complexity index is 718. The summed E-state index contributed by atoms with van der Waals surface area (Å²) < 4.78 is 4.62. The molecule has 18 heavy (non-hydrogen) atoms. The molecule has 2 aromatic heterocycles. The lowest BCUT2D eigenvalue weighted by Crippen LogP contribution is -2.11. The minimum atomic E-state index is -0.122. The summed E-state index contributed by atoms with van der Waals surface area (Å²) in [6.07, 6.45) is 1.26. The van der Waals surface area contributed by atoms with Crippen LogP contribution in [0, 0.1) is 0 Å². The van der Waals surface area contributed by atoms with E-state index in [0.717, 1.165) is 5.39 Å². The number of aromatic amines is 1. The van der Waals surface area contributed by atoms with Crippen LogP contribution in [0.25, 0.3) is 10.8 Å². The van der Waals surface area contributed by atoms with Gasteiger partial charge in [0.25, 0.3) is 5.56 Å². The van der Waals surface area contributed by atoms with Crippen LogP contribution in [0.5, 0.6) is 0 Å². The number of benzene rings is 1. The Morgan fingerprint density at radius 1 is 1.33 bits per heavy atom. The highest BCUT2D eigenvalue weighted by molar-refractivity contribution is 5.83. The van der Waals surface area contributed by atoms with E-state index in [4.69, 9.17) is 0 Å². The Morgan fingerprint density at radius 3 is 3.06 bits per heavy atom. The first-order valence-electron chi connectivity index (χ1n) is 5.44. The minimum Gasteiger partial charge on any atom is -0.364 e. The number of hydrogen-bond acceptors (Lipinski definition) is 5. The van der Waals surface area contributed by atoms with Crippen molar-refractivity contribution in [1.82, 2.24) is 15.1 Å². The Balaban J connectivity index is 1.91. The molecule has 2 N–H and O–H groups in total. The number of nitrogens with zero attached hydrogens (tertiary/aromatic N) is 2. The van der Waals surface area contributed by atoms with Gasteiger partial charge >= 0.3 is 0 Å². The Labute approximate surface area is 102 Å². The molecular formula is C12H10N4O2. The van der Waals surface area contributed by atoms with Gasteiger partial charge in [-0.25, -0.2) is 0 Å². The van der Waals surface area contributed by atoms with E-state index in [-0.39, 0.29) is 5.56 Å². The maximum atomic E-state index is 11.8. The van der Waals surface area contributed by atoms with Crippen molar-refractivity contribution in [2.24, 2.45) is 0 Å². The first kappa shape index (κ1) is 10.5. The number of hydrogen-bond donors (Lipinski definition) is 2. The number of anilines is 1. The lowest BCUT2D eigenvalue weighted by Gasteiger charge is -2.04. The van der Waals surface area contributed by atoms with Gasteiger partial charge in [0, 0.05) is 5.39 Å². The lowest BCUT2D eigenvalue weighted by atomic mass is 10.2. The van der Waals surface area contributed by atoms with Crippen LogP contribution in [0.1, 0.15) is 5.82 Å². The van der Waals surface area contributed by atoms with Crippen molar-refractivity contribution in [3.63, 3.8) is 0 Å². The molecule has 90 valence electrons. The molecule has 0 unspecified atom stereocenters. The van der Waals surface area contributed by atoms with Gasteiger partial charge in [0.2, 0.25) is 6.39 Å². The highest BCUT2D eigenvalue weighted by atomic mass is 16.5. The van der Waals surface area contributed by atoms with Gasteiger partial charge in [0.15, 0.2) is 5.82 Å². The predicted octanol–water partition coefficient (Wildman–Crippen LogP) is 1.52. The van der Waals surface area contributed by atoms with Crippen LogP contribution in [0.15, 0.2) is 46.0 Å². The second-order valence-corrected chi connectivity index (χ2v) is 3.80. The average molecular weight is 242 g/mol. The summed E-state index contributed by atoms with van der Waals surface area (Å²) in [5, 5.41) is 8.27. The van der Waals surface area contributed by atoms with Crippen molar-refractivity contribution >= 4 is 16.6 Å². The molecule has 0 atom stereocenters. The fraction of sp³-hybridized carbons (Fsp3) is 0.0833.